The van der Waals surface area contributed by atoms with E-state index < -0.39 is 18.0 Å². The van der Waals surface area contributed by atoms with Gasteiger partial charge in [-0.25, -0.2) is 18.9 Å². The fourth-order valence-corrected chi connectivity index (χ4v) is 2.41. The van der Waals surface area contributed by atoms with Gasteiger partial charge in [0.15, 0.2) is 5.82 Å². The van der Waals surface area contributed by atoms with E-state index in [-0.39, 0.29) is 18.8 Å². The number of halogens is 1. The normalized spacial score (nSPS) is 17.9. The molecule has 1 fully saturated rings. The van der Waals surface area contributed by atoms with Gasteiger partial charge < -0.3 is 16.2 Å². The third-order valence-electron chi connectivity index (χ3n) is 3.77. The summed E-state index contributed by atoms with van der Waals surface area (Å²) in [7, 11) is 0. The van der Waals surface area contributed by atoms with E-state index >= 15 is 0 Å². The van der Waals surface area contributed by atoms with E-state index in [0.29, 0.717) is 17.8 Å². The summed E-state index contributed by atoms with van der Waals surface area (Å²) in [4.78, 5) is 21.1. The molecule has 1 aliphatic heterocycles. The largest absolute Gasteiger partial charge is 0.443 e. The maximum absolute atomic E-state index is 14.3. The molecule has 1 atom stereocenters. The molecular formula is C16H18FN7O2. The second kappa shape index (κ2) is 7.74. The number of amides is 1. The lowest BCUT2D eigenvalue weighted by atomic mass is 10.2. The number of aliphatic imine (C=N–C) groups is 1. The first-order valence-electron chi connectivity index (χ1n) is 7.85. The number of hydrogen-bond donors (Lipinski definition) is 2. The molecule has 9 nitrogen and oxygen atoms in total. The van der Waals surface area contributed by atoms with Crippen LogP contribution in [0.2, 0.25) is 0 Å². The van der Waals surface area contributed by atoms with E-state index in [4.69, 9.17) is 16.2 Å². The molecule has 1 amide bonds. The Hall–Kier alpha value is -3.27. The number of carbonyl (C=O) groups excluding carboxylic acids is 1. The van der Waals surface area contributed by atoms with Gasteiger partial charge in [0.2, 0.25) is 0 Å². The van der Waals surface area contributed by atoms with E-state index in [1.807, 2.05) is 0 Å². The molecule has 2 heterocycles. The zero-order valence-corrected chi connectivity index (χ0v) is 13.8. The van der Waals surface area contributed by atoms with Crippen LogP contribution in [-0.4, -0.2) is 46.3 Å². The number of hydrogen-bond acceptors (Lipinski definition) is 7. The predicted octanol–water partition coefficient (Wildman–Crippen LogP) is 0.946. The van der Waals surface area contributed by atoms with Crippen molar-refractivity contribution in [3.05, 3.63) is 48.4 Å². The van der Waals surface area contributed by atoms with Gasteiger partial charge in [0, 0.05) is 24.5 Å². The van der Waals surface area contributed by atoms with Gasteiger partial charge in [-0.15, -0.1) is 0 Å². The zero-order chi connectivity index (χ0) is 18.5. The molecule has 1 aromatic carbocycles. The molecular weight excluding hydrogens is 341 g/mol. The molecule has 3 rings (SSSR count). The molecule has 1 unspecified atom stereocenters. The number of ether oxygens (including phenoxy) is 1. The van der Waals surface area contributed by atoms with Crippen LogP contribution in [0.15, 0.2) is 47.6 Å². The molecule has 1 aliphatic rings. The highest BCUT2D eigenvalue weighted by atomic mass is 19.1. The molecule has 0 saturated carbocycles. The number of carbonyl (C=O) groups is 1. The second-order valence-corrected chi connectivity index (χ2v) is 5.58. The average molecular weight is 359 g/mol. The number of benzene rings is 1. The summed E-state index contributed by atoms with van der Waals surface area (Å²) in [6, 6.07) is 4.31. The molecule has 4 N–H and O–H groups in total. The summed E-state index contributed by atoms with van der Waals surface area (Å²) in [5.74, 6) is -0.570. The number of rotatable bonds is 6. The molecule has 136 valence electrons. The minimum absolute atomic E-state index is 0.120. The zero-order valence-electron chi connectivity index (χ0n) is 13.8. The van der Waals surface area contributed by atoms with Crippen LogP contribution in [0.25, 0.3) is 0 Å². The SMILES string of the molecule is N/C=C(\C=Nc1ccc(N2CC(CN)OC2=O)cc1F)Cn1cncn1. The first-order chi connectivity index (χ1) is 12.6. The highest BCUT2D eigenvalue weighted by Crippen LogP contribution is 2.27. The number of nitrogens with zero attached hydrogens (tertiary/aromatic N) is 5. The highest BCUT2D eigenvalue weighted by Gasteiger charge is 2.31. The Bertz CT molecular complexity index is 835. The second-order valence-electron chi connectivity index (χ2n) is 5.58. The number of aromatic nitrogens is 3. The lowest BCUT2D eigenvalue weighted by Gasteiger charge is -2.13. The van der Waals surface area contributed by atoms with Crippen LogP contribution in [0.4, 0.5) is 20.6 Å². The fraction of sp³-hybridized carbons (Fsp3) is 0.250. The first-order valence-corrected chi connectivity index (χ1v) is 7.85. The smallest absolute Gasteiger partial charge is 0.414 e. The number of nitrogens with two attached hydrogens (primary N) is 2. The van der Waals surface area contributed by atoms with Gasteiger partial charge in [0.05, 0.1) is 24.5 Å². The molecule has 0 spiro atoms. The molecule has 0 aliphatic carbocycles. The summed E-state index contributed by atoms with van der Waals surface area (Å²) in [6.45, 7) is 0.863. The Morgan fingerprint density at radius 3 is 2.96 bits per heavy atom. The van der Waals surface area contributed by atoms with Crippen molar-refractivity contribution in [2.75, 3.05) is 18.0 Å². The van der Waals surface area contributed by atoms with Crippen molar-refractivity contribution in [1.29, 1.82) is 0 Å². The molecule has 2 aromatic rings. The molecule has 1 saturated heterocycles. The molecule has 1 aromatic heterocycles. The van der Waals surface area contributed by atoms with Crippen molar-refractivity contribution in [2.45, 2.75) is 12.6 Å². The van der Waals surface area contributed by atoms with Gasteiger partial charge in [-0.05, 0) is 18.2 Å². The fourth-order valence-electron chi connectivity index (χ4n) is 2.41. The standard InChI is InChI=1S/C16H18FN7O2/c17-14-3-12(24-8-13(5-19)26-16(24)25)1-2-15(14)21-6-11(4-18)7-23-10-20-9-22-23/h1-4,6,9-10,13H,5,7-8,18-19H2/b11-4+,21-6?. The van der Waals surface area contributed by atoms with Gasteiger partial charge in [0.25, 0.3) is 0 Å². The maximum atomic E-state index is 14.3. The Morgan fingerprint density at radius 2 is 2.35 bits per heavy atom. The van der Waals surface area contributed by atoms with Crippen LogP contribution in [-0.2, 0) is 11.3 Å². The quantitative estimate of drug-likeness (QED) is 0.740. The van der Waals surface area contributed by atoms with Gasteiger partial charge in [-0.1, -0.05) is 0 Å². The summed E-state index contributed by atoms with van der Waals surface area (Å²) in [5, 5.41) is 3.97. The van der Waals surface area contributed by atoms with Crippen molar-refractivity contribution in [2.24, 2.45) is 16.5 Å². The van der Waals surface area contributed by atoms with E-state index in [1.165, 1.54) is 42.1 Å². The first kappa shape index (κ1) is 17.5. The Kier molecular flexibility index (Phi) is 5.23. The number of allylic oxidation sites excluding steroid dienone is 1. The summed E-state index contributed by atoms with van der Waals surface area (Å²) < 4.78 is 21.0. The maximum Gasteiger partial charge on any atom is 0.414 e. The lowest BCUT2D eigenvalue weighted by Crippen LogP contribution is -2.27. The van der Waals surface area contributed by atoms with E-state index in [2.05, 4.69) is 15.1 Å². The summed E-state index contributed by atoms with van der Waals surface area (Å²) in [5.41, 5.74) is 12.2. The molecule has 0 radical (unpaired) electrons. The number of cyclic esters (lactones) is 1. The average Bonchev–Trinajstić information content (AvgIpc) is 3.28. The van der Waals surface area contributed by atoms with Gasteiger partial charge in [0.1, 0.15) is 18.8 Å². The summed E-state index contributed by atoms with van der Waals surface area (Å²) in [6.07, 6.45) is 4.83. The highest BCUT2D eigenvalue weighted by molar-refractivity contribution is 5.90. The number of anilines is 1. The Balaban J connectivity index is 1.72. The van der Waals surface area contributed by atoms with Crippen molar-refractivity contribution in [1.82, 2.24) is 14.8 Å². The van der Waals surface area contributed by atoms with Crippen LogP contribution in [0.5, 0.6) is 0 Å². The van der Waals surface area contributed by atoms with Crippen LogP contribution in [0.3, 0.4) is 0 Å². The van der Waals surface area contributed by atoms with Crippen LogP contribution in [0, 0.1) is 5.82 Å². The van der Waals surface area contributed by atoms with Gasteiger partial charge in [-0.2, -0.15) is 5.10 Å². The minimum atomic E-state index is -0.570. The van der Waals surface area contributed by atoms with Crippen LogP contribution < -0.4 is 16.4 Å². The third-order valence-corrected chi connectivity index (χ3v) is 3.77. The Morgan fingerprint density at radius 1 is 1.50 bits per heavy atom. The van der Waals surface area contributed by atoms with E-state index in [0.717, 1.165) is 0 Å². The van der Waals surface area contributed by atoms with Crippen LogP contribution in [0.1, 0.15) is 0 Å². The topological polar surface area (TPSA) is 125 Å². The van der Waals surface area contributed by atoms with Gasteiger partial charge >= 0.3 is 6.09 Å². The lowest BCUT2D eigenvalue weighted by molar-refractivity contribution is 0.145. The monoisotopic (exact) mass is 359 g/mol. The van der Waals surface area contributed by atoms with Crippen molar-refractivity contribution in [3.63, 3.8) is 0 Å². The van der Waals surface area contributed by atoms with Crippen molar-refractivity contribution in [3.8, 4) is 0 Å². The Labute approximate surface area is 148 Å². The minimum Gasteiger partial charge on any atom is -0.443 e. The molecule has 10 heteroatoms. The molecule has 0 bridgehead atoms. The van der Waals surface area contributed by atoms with E-state index in [9.17, 15) is 9.18 Å². The van der Waals surface area contributed by atoms with E-state index in [1.54, 1.807) is 10.7 Å². The van der Waals surface area contributed by atoms with Crippen molar-refractivity contribution >= 4 is 23.7 Å². The van der Waals surface area contributed by atoms with Gasteiger partial charge in [-0.3, -0.25) is 9.89 Å². The third kappa shape index (κ3) is 3.86. The van der Waals surface area contributed by atoms with Crippen molar-refractivity contribution < 1.29 is 13.9 Å². The summed E-state index contributed by atoms with van der Waals surface area (Å²) >= 11 is 0. The molecule has 26 heavy (non-hydrogen) atoms. The van der Waals surface area contributed by atoms with Crippen LogP contribution >= 0.6 is 0 Å². The predicted molar refractivity (Wildman–Crippen MR) is 93.5 cm³/mol.